The van der Waals surface area contributed by atoms with Crippen LogP contribution in [-0.4, -0.2) is 15.1 Å². The van der Waals surface area contributed by atoms with Gasteiger partial charge in [0.1, 0.15) is 5.03 Å². The molecule has 1 aromatic heterocycles. The van der Waals surface area contributed by atoms with Gasteiger partial charge in [-0.2, -0.15) is 0 Å². The molecular weight excluding hydrogens is 244 g/mol. The predicted octanol–water partition coefficient (Wildman–Crippen LogP) is 2.77. The van der Waals surface area contributed by atoms with Crippen LogP contribution < -0.4 is 0 Å². The van der Waals surface area contributed by atoms with Crippen molar-refractivity contribution < 1.29 is 5.11 Å². The minimum absolute atomic E-state index is 0.0141. The standard InChI is InChI=1S/C11H9ClN2OS/c12-9-2-1-8(7-15)10(5-9)16-11-6-13-3-4-14-11/h1-6,15H,7H2. The van der Waals surface area contributed by atoms with E-state index in [1.165, 1.54) is 11.8 Å². The van der Waals surface area contributed by atoms with Crippen LogP contribution in [0.4, 0.5) is 0 Å². The zero-order chi connectivity index (χ0) is 11.4. The number of hydrogen-bond acceptors (Lipinski definition) is 4. The molecule has 1 aromatic carbocycles. The summed E-state index contributed by atoms with van der Waals surface area (Å²) in [4.78, 5) is 9.03. The maximum absolute atomic E-state index is 9.19. The van der Waals surface area contributed by atoms with E-state index < -0.39 is 0 Å². The second-order valence-electron chi connectivity index (χ2n) is 3.06. The van der Waals surface area contributed by atoms with E-state index in [0.29, 0.717) is 5.02 Å². The van der Waals surface area contributed by atoms with Gasteiger partial charge in [0.15, 0.2) is 0 Å². The van der Waals surface area contributed by atoms with Crippen LogP contribution >= 0.6 is 23.4 Å². The van der Waals surface area contributed by atoms with Crippen molar-refractivity contribution in [3.63, 3.8) is 0 Å². The lowest BCUT2D eigenvalue weighted by molar-refractivity contribution is 0.279. The van der Waals surface area contributed by atoms with E-state index in [9.17, 15) is 5.11 Å². The first-order chi connectivity index (χ1) is 7.79. The molecule has 0 saturated carbocycles. The number of nitrogens with zero attached hydrogens (tertiary/aromatic N) is 2. The molecule has 2 rings (SSSR count). The smallest absolute Gasteiger partial charge is 0.119 e. The van der Waals surface area contributed by atoms with E-state index in [0.717, 1.165) is 15.5 Å². The molecule has 82 valence electrons. The molecule has 0 aliphatic heterocycles. The lowest BCUT2D eigenvalue weighted by Crippen LogP contribution is -1.88. The van der Waals surface area contributed by atoms with E-state index in [1.54, 1.807) is 30.7 Å². The summed E-state index contributed by atoms with van der Waals surface area (Å²) in [6, 6.07) is 5.38. The number of aromatic nitrogens is 2. The van der Waals surface area contributed by atoms with E-state index >= 15 is 0 Å². The van der Waals surface area contributed by atoms with Crippen LogP contribution in [0, 0.1) is 0 Å². The quantitative estimate of drug-likeness (QED) is 0.913. The average molecular weight is 253 g/mol. The number of rotatable bonds is 3. The van der Waals surface area contributed by atoms with Crippen molar-refractivity contribution in [2.75, 3.05) is 0 Å². The monoisotopic (exact) mass is 252 g/mol. The Bertz CT molecular complexity index is 479. The van der Waals surface area contributed by atoms with Gasteiger partial charge in [-0.15, -0.1) is 0 Å². The predicted molar refractivity (Wildman–Crippen MR) is 63.5 cm³/mol. The van der Waals surface area contributed by atoms with Crippen molar-refractivity contribution in [2.24, 2.45) is 0 Å². The number of aliphatic hydroxyl groups is 1. The Labute approximate surface area is 103 Å². The molecule has 0 fully saturated rings. The first kappa shape index (κ1) is 11.4. The third-order valence-corrected chi connectivity index (χ3v) is 3.21. The first-order valence-corrected chi connectivity index (χ1v) is 5.82. The van der Waals surface area contributed by atoms with E-state index in [1.807, 2.05) is 6.07 Å². The van der Waals surface area contributed by atoms with Gasteiger partial charge in [0.05, 0.1) is 12.8 Å². The van der Waals surface area contributed by atoms with Crippen molar-refractivity contribution >= 4 is 23.4 Å². The highest BCUT2D eigenvalue weighted by molar-refractivity contribution is 7.99. The molecule has 0 aliphatic carbocycles. The zero-order valence-electron chi connectivity index (χ0n) is 8.30. The average Bonchev–Trinajstić information content (AvgIpc) is 2.31. The van der Waals surface area contributed by atoms with E-state index in [-0.39, 0.29) is 6.61 Å². The van der Waals surface area contributed by atoms with Gasteiger partial charge >= 0.3 is 0 Å². The Balaban J connectivity index is 2.30. The normalized spacial score (nSPS) is 10.4. The Morgan fingerprint density at radius 2 is 2.19 bits per heavy atom. The van der Waals surface area contributed by atoms with Gasteiger partial charge in [0, 0.05) is 22.3 Å². The SMILES string of the molecule is OCc1ccc(Cl)cc1Sc1cnccn1. The van der Waals surface area contributed by atoms with Gasteiger partial charge < -0.3 is 5.11 Å². The summed E-state index contributed by atoms with van der Waals surface area (Å²) in [5.41, 5.74) is 0.833. The summed E-state index contributed by atoms with van der Waals surface area (Å²) in [7, 11) is 0. The molecule has 0 spiro atoms. The molecular formula is C11H9ClN2OS. The first-order valence-electron chi connectivity index (χ1n) is 4.63. The van der Waals surface area contributed by atoms with Crippen LogP contribution in [0.15, 0.2) is 46.7 Å². The Kier molecular flexibility index (Phi) is 3.77. The molecule has 2 aromatic rings. The van der Waals surface area contributed by atoms with Crippen LogP contribution in [-0.2, 0) is 6.61 Å². The molecule has 0 bridgehead atoms. The van der Waals surface area contributed by atoms with Crippen LogP contribution in [0.5, 0.6) is 0 Å². The number of hydrogen-bond donors (Lipinski definition) is 1. The van der Waals surface area contributed by atoms with Gasteiger partial charge in [-0.3, -0.25) is 4.98 Å². The summed E-state index contributed by atoms with van der Waals surface area (Å²) in [5, 5.41) is 10.6. The Morgan fingerprint density at radius 3 is 2.88 bits per heavy atom. The second kappa shape index (κ2) is 5.30. The van der Waals surface area contributed by atoms with Crippen LogP contribution in [0.25, 0.3) is 0 Å². The van der Waals surface area contributed by atoms with Gasteiger partial charge in [-0.05, 0) is 17.7 Å². The molecule has 0 unspecified atom stereocenters. The topological polar surface area (TPSA) is 46.0 Å². The number of benzene rings is 1. The lowest BCUT2D eigenvalue weighted by Gasteiger charge is -2.06. The van der Waals surface area contributed by atoms with Gasteiger partial charge in [0.25, 0.3) is 0 Å². The molecule has 0 atom stereocenters. The number of halogens is 1. The largest absolute Gasteiger partial charge is 0.392 e. The van der Waals surface area contributed by atoms with Crippen LogP contribution in [0.1, 0.15) is 5.56 Å². The van der Waals surface area contributed by atoms with E-state index in [2.05, 4.69) is 9.97 Å². The minimum Gasteiger partial charge on any atom is -0.392 e. The van der Waals surface area contributed by atoms with Crippen molar-refractivity contribution in [1.82, 2.24) is 9.97 Å². The molecule has 1 heterocycles. The maximum Gasteiger partial charge on any atom is 0.119 e. The highest BCUT2D eigenvalue weighted by Crippen LogP contribution is 2.30. The highest BCUT2D eigenvalue weighted by Gasteiger charge is 2.05. The molecule has 0 amide bonds. The van der Waals surface area contributed by atoms with Crippen molar-refractivity contribution in [1.29, 1.82) is 0 Å². The Hall–Kier alpha value is -1.10. The van der Waals surface area contributed by atoms with Crippen molar-refractivity contribution in [3.8, 4) is 0 Å². The zero-order valence-corrected chi connectivity index (χ0v) is 9.87. The summed E-state index contributed by atoms with van der Waals surface area (Å²) < 4.78 is 0. The van der Waals surface area contributed by atoms with Crippen molar-refractivity contribution in [3.05, 3.63) is 47.4 Å². The molecule has 3 nitrogen and oxygen atoms in total. The molecule has 16 heavy (non-hydrogen) atoms. The fraction of sp³-hybridized carbons (Fsp3) is 0.0909. The lowest BCUT2D eigenvalue weighted by atomic mass is 10.2. The summed E-state index contributed by atoms with van der Waals surface area (Å²) in [6.45, 7) is -0.0141. The molecule has 5 heteroatoms. The fourth-order valence-corrected chi connectivity index (χ4v) is 2.34. The highest BCUT2D eigenvalue weighted by atomic mass is 35.5. The fourth-order valence-electron chi connectivity index (χ4n) is 1.20. The minimum atomic E-state index is -0.0141. The van der Waals surface area contributed by atoms with Crippen LogP contribution in [0.2, 0.25) is 5.02 Å². The second-order valence-corrected chi connectivity index (χ2v) is 4.55. The summed E-state index contributed by atoms with van der Waals surface area (Å²) in [6.07, 6.45) is 4.92. The number of aliphatic hydroxyl groups excluding tert-OH is 1. The third-order valence-electron chi connectivity index (χ3n) is 1.95. The molecule has 0 saturated heterocycles. The van der Waals surface area contributed by atoms with Gasteiger partial charge in [0.2, 0.25) is 0 Å². The molecule has 0 radical (unpaired) electrons. The third kappa shape index (κ3) is 2.72. The van der Waals surface area contributed by atoms with Crippen molar-refractivity contribution in [2.45, 2.75) is 16.5 Å². The maximum atomic E-state index is 9.19. The van der Waals surface area contributed by atoms with Crippen LogP contribution in [0.3, 0.4) is 0 Å². The Morgan fingerprint density at radius 1 is 1.31 bits per heavy atom. The molecule has 1 N–H and O–H groups in total. The van der Waals surface area contributed by atoms with Gasteiger partial charge in [-0.1, -0.05) is 29.4 Å². The summed E-state index contributed by atoms with van der Waals surface area (Å²) >= 11 is 7.34. The molecule has 0 aliphatic rings. The van der Waals surface area contributed by atoms with E-state index in [4.69, 9.17) is 11.6 Å². The summed E-state index contributed by atoms with van der Waals surface area (Å²) in [5.74, 6) is 0. The van der Waals surface area contributed by atoms with Gasteiger partial charge in [-0.25, -0.2) is 4.98 Å².